The van der Waals surface area contributed by atoms with Crippen molar-refractivity contribution in [3.05, 3.63) is 48.0 Å². The summed E-state index contributed by atoms with van der Waals surface area (Å²) in [5.41, 5.74) is 1.36. The number of rotatable bonds is 3. The van der Waals surface area contributed by atoms with Gasteiger partial charge in [-0.1, -0.05) is 42.5 Å². The van der Waals surface area contributed by atoms with Crippen LogP contribution in [0.15, 0.2) is 42.5 Å². The zero-order chi connectivity index (χ0) is 15.4. The van der Waals surface area contributed by atoms with E-state index < -0.39 is 0 Å². The Bertz CT molecular complexity index is 738. The second kappa shape index (κ2) is 5.15. The Hall–Kier alpha value is -1.20. The van der Waals surface area contributed by atoms with Gasteiger partial charge in [-0.15, -0.1) is 0 Å². The molecule has 23 heavy (non-hydrogen) atoms. The standard InChI is InChI=1S/C21H23OP/c22-20(19-7-3-5-17-4-1-2-6-18(17)19)23-21-11-14-8-15(12-21)10-16(9-14)13-21/h1-7,14-16,23H,8-13H2. The van der Waals surface area contributed by atoms with Crippen molar-refractivity contribution < 1.29 is 4.79 Å². The van der Waals surface area contributed by atoms with Crippen molar-refractivity contribution in [2.45, 2.75) is 43.7 Å². The fourth-order valence-corrected chi connectivity index (χ4v) is 8.00. The van der Waals surface area contributed by atoms with Crippen LogP contribution in [0.25, 0.3) is 10.8 Å². The Labute approximate surface area is 139 Å². The number of hydrogen-bond acceptors (Lipinski definition) is 1. The number of benzene rings is 2. The topological polar surface area (TPSA) is 17.1 Å². The van der Waals surface area contributed by atoms with Crippen molar-refractivity contribution in [3.63, 3.8) is 0 Å². The average molecular weight is 322 g/mol. The summed E-state index contributed by atoms with van der Waals surface area (Å²) >= 11 is 0. The van der Waals surface area contributed by atoms with Gasteiger partial charge < -0.3 is 0 Å². The van der Waals surface area contributed by atoms with E-state index in [1.165, 1.54) is 43.9 Å². The van der Waals surface area contributed by atoms with Crippen LogP contribution in [-0.4, -0.2) is 10.7 Å². The van der Waals surface area contributed by atoms with Crippen LogP contribution in [0, 0.1) is 17.8 Å². The van der Waals surface area contributed by atoms with Crippen LogP contribution in [0.5, 0.6) is 0 Å². The van der Waals surface area contributed by atoms with Gasteiger partial charge in [0, 0.05) is 5.56 Å². The molecule has 0 aliphatic heterocycles. The highest BCUT2D eigenvalue weighted by atomic mass is 31.1. The largest absolute Gasteiger partial charge is 0.289 e. The summed E-state index contributed by atoms with van der Waals surface area (Å²) < 4.78 is 0. The van der Waals surface area contributed by atoms with Gasteiger partial charge in [0.15, 0.2) is 5.52 Å². The SMILES string of the molecule is O=C(PC12CC3CC(CC(C3)C1)C2)c1cccc2ccccc12. The van der Waals surface area contributed by atoms with E-state index in [1.807, 2.05) is 18.2 Å². The van der Waals surface area contributed by atoms with Crippen LogP contribution in [0.1, 0.15) is 48.9 Å². The van der Waals surface area contributed by atoms with Crippen molar-refractivity contribution in [2.75, 3.05) is 0 Å². The van der Waals surface area contributed by atoms with Gasteiger partial charge in [0.05, 0.1) is 0 Å². The van der Waals surface area contributed by atoms with Gasteiger partial charge in [-0.25, -0.2) is 0 Å². The summed E-state index contributed by atoms with van der Waals surface area (Å²) in [7, 11) is 0.481. The molecule has 0 heterocycles. The summed E-state index contributed by atoms with van der Waals surface area (Å²) in [6.07, 6.45) is 8.33. The monoisotopic (exact) mass is 322 g/mol. The minimum Gasteiger partial charge on any atom is -0.289 e. The maximum atomic E-state index is 13.2. The minimum atomic E-state index is 0.364. The van der Waals surface area contributed by atoms with E-state index in [-0.39, 0.29) is 0 Å². The molecule has 1 atom stereocenters. The van der Waals surface area contributed by atoms with E-state index in [9.17, 15) is 4.79 Å². The Balaban J connectivity index is 1.47. The maximum Gasteiger partial charge on any atom is 0.182 e. The first-order valence-electron chi connectivity index (χ1n) is 9.01. The molecule has 0 aromatic heterocycles. The van der Waals surface area contributed by atoms with Gasteiger partial charge in [-0.2, -0.15) is 0 Å². The van der Waals surface area contributed by atoms with Crippen LogP contribution < -0.4 is 0 Å². The van der Waals surface area contributed by atoms with E-state index in [0.717, 1.165) is 28.7 Å². The predicted octanol–water partition coefficient (Wildman–Crippen LogP) is 5.63. The van der Waals surface area contributed by atoms with Crippen molar-refractivity contribution in [3.8, 4) is 0 Å². The lowest BCUT2D eigenvalue weighted by Crippen LogP contribution is -2.48. The highest BCUT2D eigenvalue weighted by molar-refractivity contribution is 7.60. The van der Waals surface area contributed by atoms with Gasteiger partial charge in [-0.05, 0) is 80.8 Å². The molecular formula is C21H23OP. The second-order valence-electron chi connectivity index (χ2n) is 8.18. The van der Waals surface area contributed by atoms with Gasteiger partial charge >= 0.3 is 0 Å². The minimum absolute atomic E-state index is 0.364. The molecule has 2 aromatic carbocycles. The van der Waals surface area contributed by atoms with Gasteiger partial charge in [0.2, 0.25) is 0 Å². The molecule has 4 bridgehead atoms. The molecule has 2 heteroatoms. The first-order chi connectivity index (χ1) is 11.2. The van der Waals surface area contributed by atoms with Crippen molar-refractivity contribution in [2.24, 2.45) is 17.8 Å². The molecule has 1 unspecified atom stereocenters. The molecule has 118 valence electrons. The molecule has 0 radical (unpaired) electrons. The van der Waals surface area contributed by atoms with Crippen molar-refractivity contribution in [1.82, 2.24) is 0 Å². The van der Waals surface area contributed by atoms with Crippen LogP contribution in [-0.2, 0) is 0 Å². The van der Waals surface area contributed by atoms with E-state index >= 15 is 0 Å². The molecular weight excluding hydrogens is 299 g/mol. The highest BCUT2D eigenvalue weighted by Gasteiger charge is 2.51. The third-order valence-corrected chi connectivity index (χ3v) is 8.09. The zero-order valence-electron chi connectivity index (χ0n) is 13.4. The number of carbonyl (C=O) groups is 1. The number of carbonyl (C=O) groups excluding carboxylic acids is 1. The Morgan fingerprint density at radius 2 is 1.48 bits per heavy atom. The molecule has 1 nitrogen and oxygen atoms in total. The number of hydrogen-bond donors (Lipinski definition) is 0. The summed E-state index contributed by atoms with van der Waals surface area (Å²) in [6.45, 7) is 0. The maximum absolute atomic E-state index is 13.2. The third kappa shape index (κ3) is 2.36. The summed E-state index contributed by atoms with van der Waals surface area (Å²) in [5, 5.41) is 2.69. The molecule has 4 saturated carbocycles. The zero-order valence-corrected chi connectivity index (χ0v) is 14.4. The lowest BCUT2D eigenvalue weighted by Gasteiger charge is -2.56. The lowest BCUT2D eigenvalue weighted by molar-refractivity contribution is 0.0366. The first kappa shape index (κ1) is 14.2. The molecule has 0 N–H and O–H groups in total. The molecule has 4 fully saturated rings. The molecule has 4 aliphatic rings. The quantitative estimate of drug-likeness (QED) is 0.670. The van der Waals surface area contributed by atoms with E-state index in [0.29, 0.717) is 19.3 Å². The molecule has 2 aromatic rings. The smallest absolute Gasteiger partial charge is 0.182 e. The van der Waals surface area contributed by atoms with Gasteiger partial charge in [-0.3, -0.25) is 4.79 Å². The normalized spacial score (nSPS) is 35.4. The molecule has 0 saturated heterocycles. The van der Waals surface area contributed by atoms with E-state index in [4.69, 9.17) is 0 Å². The Morgan fingerprint density at radius 3 is 2.17 bits per heavy atom. The summed E-state index contributed by atoms with van der Waals surface area (Å²) in [6, 6.07) is 14.5. The average Bonchev–Trinajstić information content (AvgIpc) is 2.52. The number of fused-ring (bicyclic) bond motifs is 1. The second-order valence-corrected chi connectivity index (χ2v) is 9.94. The lowest BCUT2D eigenvalue weighted by atomic mass is 9.56. The first-order valence-corrected chi connectivity index (χ1v) is 10.0. The molecule has 4 aliphatic carbocycles. The molecule has 6 rings (SSSR count). The molecule has 0 amide bonds. The van der Waals surface area contributed by atoms with Crippen LogP contribution in [0.4, 0.5) is 0 Å². The Kier molecular flexibility index (Phi) is 3.17. The molecule has 0 spiro atoms. The fourth-order valence-electron chi connectivity index (χ4n) is 6.00. The van der Waals surface area contributed by atoms with Crippen molar-refractivity contribution in [1.29, 1.82) is 0 Å². The van der Waals surface area contributed by atoms with Gasteiger partial charge in [0.25, 0.3) is 0 Å². The fraction of sp³-hybridized carbons (Fsp3) is 0.476. The van der Waals surface area contributed by atoms with Crippen LogP contribution >= 0.6 is 8.58 Å². The summed E-state index contributed by atoms with van der Waals surface area (Å²) in [4.78, 5) is 13.2. The Morgan fingerprint density at radius 1 is 0.870 bits per heavy atom. The van der Waals surface area contributed by atoms with E-state index in [2.05, 4.69) is 24.3 Å². The van der Waals surface area contributed by atoms with Crippen LogP contribution in [0.2, 0.25) is 0 Å². The third-order valence-electron chi connectivity index (χ3n) is 6.45. The van der Waals surface area contributed by atoms with Crippen LogP contribution in [0.3, 0.4) is 0 Å². The van der Waals surface area contributed by atoms with E-state index in [1.54, 1.807) is 0 Å². The highest BCUT2D eigenvalue weighted by Crippen LogP contribution is 2.63. The summed E-state index contributed by atoms with van der Waals surface area (Å²) in [5.74, 6) is 2.78. The van der Waals surface area contributed by atoms with Crippen molar-refractivity contribution >= 4 is 24.9 Å². The van der Waals surface area contributed by atoms with Gasteiger partial charge in [0.1, 0.15) is 0 Å². The predicted molar refractivity (Wildman–Crippen MR) is 97.5 cm³/mol.